The topological polar surface area (TPSA) is 95.6 Å². The first kappa shape index (κ1) is 22.8. The summed E-state index contributed by atoms with van der Waals surface area (Å²) in [5.41, 5.74) is 2.43. The highest BCUT2D eigenvalue weighted by Gasteiger charge is 2.33. The van der Waals surface area contributed by atoms with Gasteiger partial charge in [0.15, 0.2) is 0 Å². The van der Waals surface area contributed by atoms with Gasteiger partial charge in [-0.1, -0.05) is 23.7 Å². The lowest BCUT2D eigenvalue weighted by atomic mass is 9.99. The molecule has 0 aromatic heterocycles. The minimum atomic E-state index is -3.73. The van der Waals surface area contributed by atoms with Gasteiger partial charge in [-0.25, -0.2) is 8.42 Å². The Morgan fingerprint density at radius 2 is 1.91 bits per heavy atom. The van der Waals surface area contributed by atoms with Crippen LogP contribution in [-0.2, 0) is 32.6 Å². The second kappa shape index (κ2) is 9.60. The summed E-state index contributed by atoms with van der Waals surface area (Å²) in [7, 11) is -3.73. The van der Waals surface area contributed by atoms with Crippen LogP contribution in [0.5, 0.6) is 0 Å². The number of nitrogens with zero attached hydrogens (tertiary/aromatic N) is 1. The molecular formula is C23H26ClN3O4S. The lowest BCUT2D eigenvalue weighted by Crippen LogP contribution is -2.45. The number of nitrogens with one attached hydrogen (secondary N) is 2. The summed E-state index contributed by atoms with van der Waals surface area (Å²) in [6.45, 7) is 0.912. The third kappa shape index (κ3) is 5.14. The standard InChI is InChI=1S/C23H26ClN3O4S/c24-19-8-6-16(7-9-19)14-25-23(29)18-4-2-12-27(15-18)32(30,31)20-10-11-21-17(13-20)3-1-5-22(28)26-21/h6-11,13,18H,1-5,12,14-15H2,(H,25,29)(H,26,28)/t18-/m0/s1. The third-order valence-corrected chi connectivity index (χ3v) is 8.09. The quantitative estimate of drug-likeness (QED) is 0.693. The van der Waals surface area contributed by atoms with Crippen molar-refractivity contribution in [1.82, 2.24) is 9.62 Å². The smallest absolute Gasteiger partial charge is 0.243 e. The van der Waals surface area contributed by atoms with E-state index >= 15 is 0 Å². The molecule has 0 aliphatic carbocycles. The van der Waals surface area contributed by atoms with E-state index in [0.29, 0.717) is 55.9 Å². The third-order valence-electron chi connectivity index (χ3n) is 5.97. The van der Waals surface area contributed by atoms with Gasteiger partial charge in [0.05, 0.1) is 10.8 Å². The van der Waals surface area contributed by atoms with E-state index in [-0.39, 0.29) is 23.3 Å². The fourth-order valence-corrected chi connectivity index (χ4v) is 5.87. The molecule has 1 saturated heterocycles. The van der Waals surface area contributed by atoms with E-state index in [1.165, 1.54) is 10.4 Å². The van der Waals surface area contributed by atoms with Crippen molar-refractivity contribution >= 4 is 39.1 Å². The predicted molar refractivity (Wildman–Crippen MR) is 123 cm³/mol. The first-order valence-electron chi connectivity index (χ1n) is 10.8. The molecule has 2 aromatic carbocycles. The Kier molecular flexibility index (Phi) is 6.83. The molecule has 7 nitrogen and oxygen atoms in total. The maximum absolute atomic E-state index is 13.3. The van der Waals surface area contributed by atoms with Gasteiger partial charge in [-0.05, 0) is 67.1 Å². The van der Waals surface area contributed by atoms with Crippen LogP contribution in [0.1, 0.15) is 36.8 Å². The minimum absolute atomic E-state index is 0.0529. The Hall–Kier alpha value is -2.42. The summed E-state index contributed by atoms with van der Waals surface area (Å²) in [5, 5.41) is 6.37. The number of hydrogen-bond acceptors (Lipinski definition) is 4. The fourth-order valence-electron chi connectivity index (χ4n) is 4.17. The molecule has 2 aliphatic rings. The fraction of sp³-hybridized carbons (Fsp3) is 0.391. The number of anilines is 1. The summed E-state index contributed by atoms with van der Waals surface area (Å²) in [6, 6.07) is 12.1. The number of carbonyl (C=O) groups excluding carboxylic acids is 2. The van der Waals surface area contributed by atoms with Crippen molar-refractivity contribution in [3.8, 4) is 0 Å². The molecule has 0 saturated carbocycles. The van der Waals surface area contributed by atoms with Crippen molar-refractivity contribution in [2.24, 2.45) is 5.92 Å². The summed E-state index contributed by atoms with van der Waals surface area (Å²) in [5.74, 6) is -0.599. The van der Waals surface area contributed by atoms with Gasteiger partial charge in [0.25, 0.3) is 0 Å². The van der Waals surface area contributed by atoms with Crippen molar-refractivity contribution in [1.29, 1.82) is 0 Å². The molecule has 4 rings (SSSR count). The molecule has 1 fully saturated rings. The van der Waals surface area contributed by atoms with Gasteiger partial charge in [0.1, 0.15) is 0 Å². The van der Waals surface area contributed by atoms with Gasteiger partial charge < -0.3 is 10.6 Å². The molecule has 2 aliphatic heterocycles. The largest absolute Gasteiger partial charge is 0.352 e. The molecule has 0 spiro atoms. The number of aryl methyl sites for hydroxylation is 1. The lowest BCUT2D eigenvalue weighted by Gasteiger charge is -2.31. The van der Waals surface area contributed by atoms with E-state index in [1.54, 1.807) is 24.3 Å². The maximum atomic E-state index is 13.3. The number of piperidine rings is 1. The summed E-state index contributed by atoms with van der Waals surface area (Å²) < 4.78 is 28.0. The summed E-state index contributed by atoms with van der Waals surface area (Å²) in [6.07, 6.45) is 3.03. The zero-order valence-electron chi connectivity index (χ0n) is 17.6. The first-order chi connectivity index (χ1) is 15.3. The maximum Gasteiger partial charge on any atom is 0.243 e. The van der Waals surface area contributed by atoms with Crippen LogP contribution >= 0.6 is 11.6 Å². The molecule has 2 aromatic rings. The van der Waals surface area contributed by atoms with Crippen LogP contribution in [0, 0.1) is 5.92 Å². The van der Waals surface area contributed by atoms with Crippen LogP contribution in [0.2, 0.25) is 5.02 Å². The minimum Gasteiger partial charge on any atom is -0.352 e. The molecule has 0 radical (unpaired) electrons. The van der Waals surface area contributed by atoms with Gasteiger partial charge in [-0.15, -0.1) is 0 Å². The molecule has 1 atom stereocenters. The van der Waals surface area contributed by atoms with E-state index in [0.717, 1.165) is 11.1 Å². The van der Waals surface area contributed by atoms with Crippen molar-refractivity contribution in [3.63, 3.8) is 0 Å². The number of rotatable bonds is 5. The average molecular weight is 476 g/mol. The molecule has 2 amide bonds. The molecular weight excluding hydrogens is 450 g/mol. The zero-order valence-corrected chi connectivity index (χ0v) is 19.2. The van der Waals surface area contributed by atoms with Crippen LogP contribution in [0.15, 0.2) is 47.4 Å². The molecule has 32 heavy (non-hydrogen) atoms. The van der Waals surface area contributed by atoms with Gasteiger partial charge in [-0.3, -0.25) is 9.59 Å². The van der Waals surface area contributed by atoms with Gasteiger partial charge in [-0.2, -0.15) is 4.31 Å². The Labute approximate surface area is 193 Å². The van der Waals surface area contributed by atoms with Gasteiger partial charge in [0, 0.05) is 36.8 Å². The van der Waals surface area contributed by atoms with Crippen LogP contribution < -0.4 is 10.6 Å². The van der Waals surface area contributed by atoms with Crippen LogP contribution in [0.4, 0.5) is 5.69 Å². The van der Waals surface area contributed by atoms with E-state index in [4.69, 9.17) is 11.6 Å². The lowest BCUT2D eigenvalue weighted by molar-refractivity contribution is -0.126. The predicted octanol–water partition coefficient (Wildman–Crippen LogP) is 3.33. The van der Waals surface area contributed by atoms with Crippen molar-refractivity contribution in [3.05, 3.63) is 58.6 Å². The number of sulfonamides is 1. The summed E-state index contributed by atoms with van der Waals surface area (Å²) >= 11 is 5.89. The van der Waals surface area contributed by atoms with Crippen LogP contribution in [-0.4, -0.2) is 37.6 Å². The van der Waals surface area contributed by atoms with Gasteiger partial charge in [0.2, 0.25) is 21.8 Å². The van der Waals surface area contributed by atoms with Crippen LogP contribution in [0.25, 0.3) is 0 Å². The second-order valence-electron chi connectivity index (χ2n) is 8.27. The molecule has 0 unspecified atom stereocenters. The monoisotopic (exact) mass is 475 g/mol. The van der Waals surface area contributed by atoms with E-state index < -0.39 is 15.9 Å². The molecule has 0 bridgehead atoms. The van der Waals surface area contributed by atoms with Crippen LogP contribution in [0.3, 0.4) is 0 Å². The number of hydrogen-bond donors (Lipinski definition) is 2. The van der Waals surface area contributed by atoms with Crippen molar-refractivity contribution < 1.29 is 18.0 Å². The number of carbonyl (C=O) groups is 2. The number of amides is 2. The molecule has 9 heteroatoms. The zero-order chi connectivity index (χ0) is 22.7. The molecule has 170 valence electrons. The summed E-state index contributed by atoms with van der Waals surface area (Å²) in [4.78, 5) is 24.7. The SMILES string of the molecule is O=C1CCCc2cc(S(=O)(=O)N3CCC[C@H](C(=O)NCc4ccc(Cl)cc4)C3)ccc2N1. The Morgan fingerprint density at radius 3 is 2.69 bits per heavy atom. The Morgan fingerprint density at radius 1 is 1.12 bits per heavy atom. The first-order valence-corrected chi connectivity index (χ1v) is 12.6. The molecule has 2 heterocycles. The number of halogens is 1. The number of fused-ring (bicyclic) bond motifs is 1. The second-order valence-corrected chi connectivity index (χ2v) is 10.6. The Bertz CT molecular complexity index is 1120. The highest BCUT2D eigenvalue weighted by Crippen LogP contribution is 2.29. The van der Waals surface area contributed by atoms with Crippen molar-refractivity contribution in [2.75, 3.05) is 18.4 Å². The van der Waals surface area contributed by atoms with Gasteiger partial charge >= 0.3 is 0 Å². The molecule has 2 N–H and O–H groups in total. The van der Waals surface area contributed by atoms with E-state index in [1.807, 2.05) is 12.1 Å². The van der Waals surface area contributed by atoms with Crippen molar-refractivity contribution in [2.45, 2.75) is 43.5 Å². The Balaban J connectivity index is 1.44. The number of benzene rings is 2. The highest BCUT2D eigenvalue weighted by molar-refractivity contribution is 7.89. The normalized spacial score (nSPS) is 19.5. The average Bonchev–Trinajstić information content (AvgIpc) is 2.98. The van der Waals surface area contributed by atoms with E-state index in [9.17, 15) is 18.0 Å². The highest BCUT2D eigenvalue weighted by atomic mass is 35.5. The van der Waals surface area contributed by atoms with E-state index in [2.05, 4.69) is 10.6 Å².